The van der Waals surface area contributed by atoms with Crippen LogP contribution in [-0.4, -0.2) is 27.3 Å². The van der Waals surface area contributed by atoms with Crippen LogP contribution >= 0.6 is 15.9 Å². The molecule has 2 aromatic rings. The van der Waals surface area contributed by atoms with E-state index >= 15 is 0 Å². The van der Waals surface area contributed by atoms with Gasteiger partial charge in [0.15, 0.2) is 0 Å². The van der Waals surface area contributed by atoms with E-state index in [1.807, 2.05) is 0 Å². The average Bonchev–Trinajstić information content (AvgIpc) is 2.52. The van der Waals surface area contributed by atoms with Crippen molar-refractivity contribution in [3.05, 3.63) is 64.1 Å². The summed E-state index contributed by atoms with van der Waals surface area (Å²) in [6.07, 6.45) is 1.49. The Morgan fingerprint density at radius 1 is 1.17 bits per heavy atom. The second-order valence-electron chi connectivity index (χ2n) is 6.09. The summed E-state index contributed by atoms with van der Waals surface area (Å²) in [6, 6.07) is 8.81. The number of hydrogen-bond acceptors (Lipinski definition) is 3. The van der Waals surface area contributed by atoms with E-state index in [0.717, 1.165) is 9.48 Å². The second kappa shape index (κ2) is 7.09. The van der Waals surface area contributed by atoms with Crippen LogP contribution < -0.4 is 5.43 Å². The highest BCUT2D eigenvalue weighted by molar-refractivity contribution is 9.10. The van der Waals surface area contributed by atoms with Crippen LogP contribution in [0.3, 0.4) is 0 Å². The molecule has 24 heavy (non-hydrogen) atoms. The number of benzene rings is 1. The predicted octanol–water partition coefficient (Wildman–Crippen LogP) is 3.57. The number of amides is 2. The maximum Gasteiger partial charge on any atom is 0.291 e. The summed E-state index contributed by atoms with van der Waals surface area (Å²) in [5, 5.41) is 1.15. The van der Waals surface area contributed by atoms with E-state index in [0.29, 0.717) is 0 Å². The Kier molecular flexibility index (Phi) is 5.33. The summed E-state index contributed by atoms with van der Waals surface area (Å²) >= 11 is 3.25. The number of hydrazine groups is 1. The maximum absolute atomic E-state index is 13.8. The fourth-order valence-corrected chi connectivity index (χ4v) is 2.18. The highest BCUT2D eigenvalue weighted by Crippen LogP contribution is 2.17. The molecule has 5 nitrogen and oxygen atoms in total. The Morgan fingerprint density at radius 3 is 2.38 bits per heavy atom. The number of nitrogens with one attached hydrogen (secondary N) is 1. The van der Waals surface area contributed by atoms with Crippen molar-refractivity contribution < 1.29 is 14.0 Å². The highest BCUT2D eigenvalue weighted by Gasteiger charge is 2.30. The average molecular weight is 394 g/mol. The van der Waals surface area contributed by atoms with E-state index in [1.54, 1.807) is 39.0 Å². The summed E-state index contributed by atoms with van der Waals surface area (Å²) < 4.78 is 14.5. The molecule has 0 unspecified atom stereocenters. The number of carbonyl (C=O) groups is 2. The van der Waals surface area contributed by atoms with Gasteiger partial charge in [0.05, 0.1) is 11.1 Å². The lowest BCUT2D eigenvalue weighted by atomic mass is 10.1. The fraction of sp³-hybridized carbons (Fsp3) is 0.235. The second-order valence-corrected chi connectivity index (χ2v) is 7.01. The highest BCUT2D eigenvalue weighted by atomic mass is 79.9. The number of aromatic nitrogens is 1. The SMILES string of the molecule is CC(C)(C)N(NC(=O)c1ccccc1F)C(=O)c1ccc(Br)cn1. The van der Waals surface area contributed by atoms with Gasteiger partial charge < -0.3 is 0 Å². The first-order chi connectivity index (χ1) is 11.2. The molecule has 1 N–H and O–H groups in total. The molecule has 0 fully saturated rings. The van der Waals surface area contributed by atoms with Crippen LogP contribution in [0.5, 0.6) is 0 Å². The molecule has 0 saturated carbocycles. The summed E-state index contributed by atoms with van der Waals surface area (Å²) in [7, 11) is 0. The van der Waals surface area contributed by atoms with Gasteiger partial charge in [0.1, 0.15) is 11.5 Å². The normalized spacial score (nSPS) is 11.0. The van der Waals surface area contributed by atoms with E-state index in [4.69, 9.17) is 0 Å². The van der Waals surface area contributed by atoms with Gasteiger partial charge in [-0.05, 0) is 61.0 Å². The van der Waals surface area contributed by atoms with Gasteiger partial charge >= 0.3 is 0 Å². The van der Waals surface area contributed by atoms with E-state index in [1.165, 1.54) is 24.4 Å². The number of hydrogen-bond donors (Lipinski definition) is 1. The molecule has 126 valence electrons. The molecule has 0 aliphatic carbocycles. The third-order valence-electron chi connectivity index (χ3n) is 3.15. The van der Waals surface area contributed by atoms with Gasteiger partial charge in [-0.15, -0.1) is 0 Å². The largest absolute Gasteiger partial charge is 0.291 e. The number of pyridine rings is 1. The van der Waals surface area contributed by atoms with Crippen molar-refractivity contribution in [3.8, 4) is 0 Å². The Balaban J connectivity index is 2.29. The van der Waals surface area contributed by atoms with E-state index in [-0.39, 0.29) is 11.3 Å². The van der Waals surface area contributed by atoms with Crippen LogP contribution in [0.15, 0.2) is 47.1 Å². The molecule has 1 aromatic heterocycles. The third-order valence-corrected chi connectivity index (χ3v) is 3.62. The molecule has 0 bridgehead atoms. The Morgan fingerprint density at radius 2 is 1.83 bits per heavy atom. The lowest BCUT2D eigenvalue weighted by molar-refractivity contribution is 0.0352. The molecular formula is C17H17BrFN3O2. The van der Waals surface area contributed by atoms with Gasteiger partial charge in [-0.25, -0.2) is 14.4 Å². The molecule has 1 aromatic carbocycles. The van der Waals surface area contributed by atoms with Crippen LogP contribution in [-0.2, 0) is 0 Å². The smallest absolute Gasteiger partial charge is 0.267 e. The first kappa shape index (κ1) is 18.1. The van der Waals surface area contributed by atoms with E-state index in [2.05, 4.69) is 26.3 Å². The first-order valence-corrected chi connectivity index (χ1v) is 8.01. The minimum absolute atomic E-state index is 0.136. The third kappa shape index (κ3) is 4.17. The van der Waals surface area contributed by atoms with Gasteiger partial charge in [-0.3, -0.25) is 15.0 Å². The fourth-order valence-electron chi connectivity index (χ4n) is 1.95. The minimum atomic E-state index is -0.729. The number of halogens is 2. The molecule has 2 amide bonds. The quantitative estimate of drug-likeness (QED) is 0.793. The summed E-state index contributed by atoms with van der Waals surface area (Å²) in [5.41, 5.74) is 1.78. The van der Waals surface area contributed by atoms with Crippen molar-refractivity contribution in [3.63, 3.8) is 0 Å². The van der Waals surface area contributed by atoms with Crippen molar-refractivity contribution in [2.75, 3.05) is 0 Å². The zero-order valence-electron chi connectivity index (χ0n) is 13.5. The molecule has 0 saturated heterocycles. The predicted molar refractivity (Wildman–Crippen MR) is 91.7 cm³/mol. The van der Waals surface area contributed by atoms with Crippen LogP contribution in [0.1, 0.15) is 41.6 Å². The minimum Gasteiger partial charge on any atom is -0.267 e. The lowest BCUT2D eigenvalue weighted by Gasteiger charge is -2.35. The number of carbonyl (C=O) groups excluding carboxylic acids is 2. The van der Waals surface area contributed by atoms with Crippen molar-refractivity contribution in [2.24, 2.45) is 0 Å². The Hall–Kier alpha value is -2.28. The van der Waals surface area contributed by atoms with E-state index in [9.17, 15) is 14.0 Å². The molecule has 0 aliphatic rings. The van der Waals surface area contributed by atoms with Crippen molar-refractivity contribution in [1.82, 2.24) is 15.4 Å². The van der Waals surface area contributed by atoms with Gasteiger partial charge in [-0.1, -0.05) is 12.1 Å². The molecule has 2 rings (SSSR count). The molecule has 7 heteroatoms. The summed E-state index contributed by atoms with van der Waals surface area (Å²) in [4.78, 5) is 29.1. The summed E-state index contributed by atoms with van der Waals surface area (Å²) in [5.74, 6) is -1.84. The lowest BCUT2D eigenvalue weighted by Crippen LogP contribution is -2.56. The Bertz CT molecular complexity index is 757. The zero-order valence-corrected chi connectivity index (χ0v) is 15.1. The molecule has 0 spiro atoms. The maximum atomic E-state index is 13.8. The monoisotopic (exact) mass is 393 g/mol. The van der Waals surface area contributed by atoms with Crippen molar-refractivity contribution in [2.45, 2.75) is 26.3 Å². The molecule has 0 aliphatic heterocycles. The Labute approximate surface area is 148 Å². The standard InChI is InChI=1S/C17H17BrFN3O2/c1-17(2,3)22(16(24)14-9-8-11(18)10-20-14)21-15(23)12-6-4-5-7-13(12)19/h4-10H,1-3H3,(H,21,23). The van der Waals surface area contributed by atoms with Gasteiger partial charge in [-0.2, -0.15) is 0 Å². The molecule has 0 atom stereocenters. The van der Waals surface area contributed by atoms with Gasteiger partial charge in [0.2, 0.25) is 0 Å². The topological polar surface area (TPSA) is 62.3 Å². The molecule has 1 heterocycles. The molecule has 0 radical (unpaired) electrons. The van der Waals surface area contributed by atoms with Gasteiger partial charge in [0, 0.05) is 10.7 Å². The van der Waals surface area contributed by atoms with E-state index < -0.39 is 23.2 Å². The van der Waals surface area contributed by atoms with Crippen LogP contribution in [0, 0.1) is 5.82 Å². The number of nitrogens with zero attached hydrogens (tertiary/aromatic N) is 2. The zero-order chi connectivity index (χ0) is 17.9. The van der Waals surface area contributed by atoms with Gasteiger partial charge in [0.25, 0.3) is 11.8 Å². The van der Waals surface area contributed by atoms with Crippen molar-refractivity contribution in [1.29, 1.82) is 0 Å². The summed E-state index contributed by atoms with van der Waals surface area (Å²) in [6.45, 7) is 5.27. The first-order valence-electron chi connectivity index (χ1n) is 7.22. The van der Waals surface area contributed by atoms with Crippen LogP contribution in [0.2, 0.25) is 0 Å². The molecular weight excluding hydrogens is 377 g/mol. The van der Waals surface area contributed by atoms with Crippen molar-refractivity contribution >= 4 is 27.7 Å². The number of rotatable bonds is 2. The van der Waals surface area contributed by atoms with Crippen LogP contribution in [0.4, 0.5) is 4.39 Å². The van der Waals surface area contributed by atoms with Crippen LogP contribution in [0.25, 0.3) is 0 Å².